The molecule has 4 heterocycles. The molecule has 0 radical (unpaired) electrons. The molecule has 8 nitrogen and oxygen atoms in total. The Morgan fingerprint density at radius 1 is 1.26 bits per heavy atom. The minimum Gasteiger partial charge on any atom is -0.497 e. The molecule has 2 fully saturated rings. The predicted octanol–water partition coefficient (Wildman–Crippen LogP) is 2.72. The van der Waals surface area contributed by atoms with E-state index in [1.54, 1.807) is 13.3 Å². The predicted molar refractivity (Wildman–Crippen MR) is 117 cm³/mol. The minimum atomic E-state index is 0.0131. The first-order valence-electron chi connectivity index (χ1n) is 11.0. The number of benzene rings is 1. The smallest absolute Gasteiger partial charge is 0.264 e. The van der Waals surface area contributed by atoms with Gasteiger partial charge in [0.2, 0.25) is 0 Å². The van der Waals surface area contributed by atoms with E-state index >= 15 is 0 Å². The molecule has 2 aliphatic heterocycles. The van der Waals surface area contributed by atoms with Gasteiger partial charge in [-0.05, 0) is 36.5 Å². The van der Waals surface area contributed by atoms with Crippen molar-refractivity contribution in [2.75, 3.05) is 33.4 Å². The first-order chi connectivity index (χ1) is 15.1. The van der Waals surface area contributed by atoms with E-state index in [-0.39, 0.29) is 17.5 Å². The fraction of sp³-hybridized carbons (Fsp3) is 0.522. The molecule has 0 aliphatic carbocycles. The molecule has 2 saturated heterocycles. The van der Waals surface area contributed by atoms with Crippen molar-refractivity contribution >= 4 is 11.0 Å². The van der Waals surface area contributed by atoms with E-state index in [0.29, 0.717) is 30.2 Å². The molecular formula is C23H29N5O3. The molecule has 0 bridgehead atoms. The Morgan fingerprint density at radius 3 is 2.90 bits per heavy atom. The van der Waals surface area contributed by atoms with Crippen molar-refractivity contribution in [2.24, 2.45) is 5.92 Å². The molecule has 164 valence electrons. The Bertz CT molecular complexity index is 1120. The molecule has 0 spiro atoms. The van der Waals surface area contributed by atoms with E-state index in [1.807, 2.05) is 16.7 Å². The number of ether oxygens (including phenoxy) is 2. The molecule has 8 heteroatoms. The zero-order valence-electron chi connectivity index (χ0n) is 18.1. The highest BCUT2D eigenvalue weighted by atomic mass is 16.5. The molecule has 31 heavy (non-hydrogen) atoms. The summed E-state index contributed by atoms with van der Waals surface area (Å²) in [7, 11) is 1.69. The summed E-state index contributed by atoms with van der Waals surface area (Å²) < 4.78 is 12.9. The number of aromatic amines is 1. The van der Waals surface area contributed by atoms with E-state index in [9.17, 15) is 4.79 Å². The van der Waals surface area contributed by atoms with Crippen LogP contribution in [0.2, 0.25) is 0 Å². The Morgan fingerprint density at radius 2 is 2.10 bits per heavy atom. The average Bonchev–Trinajstić information content (AvgIpc) is 3.41. The van der Waals surface area contributed by atoms with Gasteiger partial charge in [0.25, 0.3) is 5.56 Å². The number of methoxy groups -OCH3 is 1. The van der Waals surface area contributed by atoms with Crippen LogP contribution in [0.3, 0.4) is 0 Å². The summed E-state index contributed by atoms with van der Waals surface area (Å²) in [6.45, 7) is 6.31. The molecule has 0 amide bonds. The van der Waals surface area contributed by atoms with Gasteiger partial charge in [-0.25, -0.2) is 4.98 Å². The van der Waals surface area contributed by atoms with Crippen LogP contribution in [0.15, 0.2) is 35.3 Å². The van der Waals surface area contributed by atoms with Gasteiger partial charge in [0, 0.05) is 44.8 Å². The van der Waals surface area contributed by atoms with E-state index < -0.39 is 0 Å². The van der Waals surface area contributed by atoms with Gasteiger partial charge in [-0.3, -0.25) is 19.4 Å². The van der Waals surface area contributed by atoms with Gasteiger partial charge >= 0.3 is 0 Å². The van der Waals surface area contributed by atoms with Crippen molar-refractivity contribution in [3.8, 4) is 5.75 Å². The third-order valence-electron chi connectivity index (χ3n) is 6.66. The summed E-state index contributed by atoms with van der Waals surface area (Å²) in [4.78, 5) is 20.8. The number of aromatic nitrogens is 4. The van der Waals surface area contributed by atoms with Crippen LogP contribution < -0.4 is 10.3 Å². The van der Waals surface area contributed by atoms with Crippen molar-refractivity contribution in [3.05, 3.63) is 52.2 Å². The lowest BCUT2D eigenvalue weighted by Crippen LogP contribution is -2.34. The second kappa shape index (κ2) is 8.43. The largest absolute Gasteiger partial charge is 0.497 e. The number of likely N-dealkylation sites (tertiary alicyclic amines) is 1. The van der Waals surface area contributed by atoms with Gasteiger partial charge in [-0.15, -0.1) is 0 Å². The summed E-state index contributed by atoms with van der Waals surface area (Å²) in [6.07, 6.45) is 3.27. The Labute approximate surface area is 181 Å². The van der Waals surface area contributed by atoms with Crippen LogP contribution in [0.4, 0.5) is 0 Å². The van der Waals surface area contributed by atoms with Crippen LogP contribution in [-0.2, 0) is 11.3 Å². The van der Waals surface area contributed by atoms with Crippen LogP contribution in [0, 0.1) is 5.92 Å². The maximum absolute atomic E-state index is 13.4. The Kier molecular flexibility index (Phi) is 5.50. The van der Waals surface area contributed by atoms with Gasteiger partial charge in [0.15, 0.2) is 5.65 Å². The normalized spacial score (nSPS) is 22.9. The molecular weight excluding hydrogens is 394 g/mol. The number of hydrogen-bond acceptors (Lipinski definition) is 6. The SMILES string of the molecule is COc1cccc(CN2C[C@@H](C)[C@H](c3nc4[nH]ncc4c(=O)n3C3CCOCC3)C2)c1. The first-order valence-corrected chi connectivity index (χ1v) is 11.0. The lowest BCUT2D eigenvalue weighted by Gasteiger charge is -2.28. The van der Waals surface area contributed by atoms with Crippen LogP contribution in [0.1, 0.15) is 43.1 Å². The second-order valence-electron chi connectivity index (χ2n) is 8.75. The third-order valence-corrected chi connectivity index (χ3v) is 6.66. The quantitative estimate of drug-likeness (QED) is 0.679. The molecule has 0 unspecified atom stereocenters. The second-order valence-corrected chi connectivity index (χ2v) is 8.75. The van der Waals surface area contributed by atoms with Gasteiger partial charge in [0.1, 0.15) is 17.0 Å². The van der Waals surface area contributed by atoms with Crippen molar-refractivity contribution in [1.82, 2.24) is 24.6 Å². The molecule has 2 aromatic heterocycles. The summed E-state index contributed by atoms with van der Waals surface area (Å²) in [6, 6.07) is 8.34. The van der Waals surface area contributed by atoms with Crippen molar-refractivity contribution in [1.29, 1.82) is 0 Å². The maximum atomic E-state index is 13.4. The highest BCUT2D eigenvalue weighted by Gasteiger charge is 2.36. The number of fused-ring (bicyclic) bond motifs is 1. The monoisotopic (exact) mass is 423 g/mol. The zero-order chi connectivity index (χ0) is 21.4. The molecule has 0 saturated carbocycles. The van der Waals surface area contributed by atoms with E-state index in [0.717, 1.165) is 44.0 Å². The lowest BCUT2D eigenvalue weighted by atomic mass is 9.96. The summed E-state index contributed by atoms with van der Waals surface area (Å²) in [5, 5.41) is 7.54. The van der Waals surface area contributed by atoms with Gasteiger partial charge in [-0.2, -0.15) is 5.10 Å². The fourth-order valence-electron chi connectivity index (χ4n) is 5.04. The number of H-pyrrole nitrogens is 1. The minimum absolute atomic E-state index is 0.0131. The summed E-state index contributed by atoms with van der Waals surface area (Å²) in [5.41, 5.74) is 1.83. The van der Waals surface area contributed by atoms with Crippen LogP contribution in [0.5, 0.6) is 5.75 Å². The molecule has 1 aromatic carbocycles. The van der Waals surface area contributed by atoms with Gasteiger partial charge in [-0.1, -0.05) is 19.1 Å². The highest BCUT2D eigenvalue weighted by molar-refractivity contribution is 5.72. The zero-order valence-corrected chi connectivity index (χ0v) is 18.1. The third kappa shape index (κ3) is 3.85. The average molecular weight is 424 g/mol. The first kappa shape index (κ1) is 20.2. The van der Waals surface area contributed by atoms with Crippen LogP contribution in [-0.4, -0.2) is 58.1 Å². The molecule has 5 rings (SSSR count). The number of hydrogen-bond donors (Lipinski definition) is 1. The number of nitrogens with one attached hydrogen (secondary N) is 1. The molecule has 2 atom stereocenters. The fourth-order valence-corrected chi connectivity index (χ4v) is 5.04. The van der Waals surface area contributed by atoms with E-state index in [1.165, 1.54) is 5.56 Å². The lowest BCUT2D eigenvalue weighted by molar-refractivity contribution is 0.0672. The van der Waals surface area contributed by atoms with E-state index in [2.05, 4.69) is 34.2 Å². The van der Waals surface area contributed by atoms with Gasteiger partial charge < -0.3 is 9.47 Å². The molecule has 2 aliphatic rings. The van der Waals surface area contributed by atoms with Gasteiger partial charge in [0.05, 0.1) is 13.3 Å². The van der Waals surface area contributed by atoms with E-state index in [4.69, 9.17) is 14.5 Å². The number of nitrogens with zero attached hydrogens (tertiary/aromatic N) is 4. The Balaban J connectivity index is 1.47. The highest BCUT2D eigenvalue weighted by Crippen LogP contribution is 2.34. The Hall–Kier alpha value is -2.71. The number of rotatable bonds is 5. The molecule has 3 aromatic rings. The molecule has 1 N–H and O–H groups in total. The topological polar surface area (TPSA) is 85.3 Å². The van der Waals surface area contributed by atoms with Crippen LogP contribution in [0.25, 0.3) is 11.0 Å². The van der Waals surface area contributed by atoms with Crippen molar-refractivity contribution in [2.45, 2.75) is 38.3 Å². The summed E-state index contributed by atoms with van der Waals surface area (Å²) in [5.74, 6) is 2.34. The van der Waals surface area contributed by atoms with Crippen molar-refractivity contribution < 1.29 is 9.47 Å². The summed E-state index contributed by atoms with van der Waals surface area (Å²) >= 11 is 0. The van der Waals surface area contributed by atoms with Crippen molar-refractivity contribution in [3.63, 3.8) is 0 Å². The standard InChI is InChI=1S/C23H29N5O3/c1-15-12-27(13-16-4-3-5-18(10-16)30-2)14-20(15)22-25-21-19(11-24-26-21)23(29)28(22)17-6-8-31-9-7-17/h3-5,10-11,15,17,20H,6-9,12-14H2,1-2H3,(H,24,26)/t15-,20-/m1/s1. The van der Waals surface area contributed by atoms with Crippen LogP contribution >= 0.6 is 0 Å². The maximum Gasteiger partial charge on any atom is 0.264 e.